The third-order valence-corrected chi connectivity index (χ3v) is 5.12. The fourth-order valence-corrected chi connectivity index (χ4v) is 3.53. The van der Waals surface area contributed by atoms with E-state index in [1.165, 1.54) is 0 Å². The van der Waals surface area contributed by atoms with Gasteiger partial charge in [-0.05, 0) is 32.1 Å². The summed E-state index contributed by atoms with van der Waals surface area (Å²) in [6.07, 6.45) is 3.93. The Bertz CT molecular complexity index is 317. The second-order valence-electron chi connectivity index (χ2n) is 4.49. The molecule has 1 rings (SSSR count). The molecule has 16 heavy (non-hydrogen) atoms. The van der Waals surface area contributed by atoms with Crippen molar-refractivity contribution in [3.8, 4) is 0 Å². The van der Waals surface area contributed by atoms with E-state index in [4.69, 9.17) is 5.73 Å². The molecule has 0 aliphatic carbocycles. The Morgan fingerprint density at radius 3 is 2.50 bits per heavy atom. The zero-order chi connectivity index (χ0) is 12.2. The van der Waals surface area contributed by atoms with Crippen LogP contribution in [0.25, 0.3) is 0 Å². The van der Waals surface area contributed by atoms with Crippen LogP contribution in [0.15, 0.2) is 12.7 Å². The maximum absolute atomic E-state index is 11.9. The van der Waals surface area contributed by atoms with E-state index in [0.717, 1.165) is 12.8 Å². The average molecular weight is 246 g/mol. The van der Waals surface area contributed by atoms with Crippen LogP contribution in [-0.2, 0) is 10.0 Å². The second-order valence-corrected chi connectivity index (χ2v) is 6.58. The summed E-state index contributed by atoms with van der Waals surface area (Å²) in [6, 6.07) is 0.165. The number of allylic oxidation sites excluding steroid dienone is 1. The predicted octanol–water partition coefficient (Wildman–Crippen LogP) is 0.951. The summed E-state index contributed by atoms with van der Waals surface area (Å²) in [5.74, 6) is 0.644. The summed E-state index contributed by atoms with van der Waals surface area (Å²) in [7, 11) is -3.07. The maximum Gasteiger partial charge on any atom is 0.214 e. The molecule has 1 unspecified atom stereocenters. The molecule has 0 aromatic carbocycles. The fourth-order valence-electron chi connectivity index (χ4n) is 2.04. The van der Waals surface area contributed by atoms with E-state index in [2.05, 4.69) is 6.58 Å². The highest BCUT2D eigenvalue weighted by Crippen LogP contribution is 2.21. The molecule has 0 aromatic heterocycles. The van der Waals surface area contributed by atoms with Gasteiger partial charge in [-0.2, -0.15) is 0 Å². The molecule has 0 radical (unpaired) electrons. The molecular formula is C11H22N2O2S. The SMILES string of the molecule is C=CCCS(=O)(=O)N1CCC(C(C)N)CC1. The number of piperidine rings is 1. The Morgan fingerprint density at radius 2 is 2.06 bits per heavy atom. The molecule has 1 aliphatic rings. The Labute approximate surface area is 98.6 Å². The normalized spacial score (nSPS) is 21.9. The number of nitrogens with two attached hydrogens (primary N) is 1. The summed E-state index contributed by atoms with van der Waals surface area (Å²) in [5.41, 5.74) is 5.82. The van der Waals surface area contributed by atoms with Crippen LogP contribution in [0.4, 0.5) is 0 Å². The monoisotopic (exact) mass is 246 g/mol. The van der Waals surface area contributed by atoms with Crippen molar-refractivity contribution in [3.63, 3.8) is 0 Å². The highest BCUT2D eigenvalue weighted by atomic mass is 32.2. The van der Waals surface area contributed by atoms with Crippen molar-refractivity contribution in [3.05, 3.63) is 12.7 Å². The molecule has 5 heteroatoms. The molecule has 0 bridgehead atoms. The minimum atomic E-state index is -3.07. The van der Waals surface area contributed by atoms with Crippen LogP contribution >= 0.6 is 0 Å². The van der Waals surface area contributed by atoms with Gasteiger partial charge in [-0.1, -0.05) is 6.08 Å². The number of hydrogen-bond acceptors (Lipinski definition) is 3. The first kappa shape index (κ1) is 13.7. The Hall–Kier alpha value is -0.390. The van der Waals surface area contributed by atoms with Crippen molar-refractivity contribution in [1.29, 1.82) is 0 Å². The van der Waals surface area contributed by atoms with E-state index < -0.39 is 10.0 Å². The first-order chi connectivity index (χ1) is 7.47. The minimum Gasteiger partial charge on any atom is -0.328 e. The van der Waals surface area contributed by atoms with Gasteiger partial charge < -0.3 is 5.73 Å². The molecule has 4 nitrogen and oxygen atoms in total. The lowest BCUT2D eigenvalue weighted by Crippen LogP contribution is -2.43. The van der Waals surface area contributed by atoms with Crippen molar-refractivity contribution in [1.82, 2.24) is 4.31 Å². The average Bonchev–Trinajstić information content (AvgIpc) is 2.26. The molecule has 1 heterocycles. The molecule has 2 N–H and O–H groups in total. The topological polar surface area (TPSA) is 63.4 Å². The second kappa shape index (κ2) is 5.80. The number of rotatable bonds is 5. The summed E-state index contributed by atoms with van der Waals surface area (Å²) in [4.78, 5) is 0. The molecule has 1 atom stereocenters. The summed E-state index contributed by atoms with van der Waals surface area (Å²) in [5, 5.41) is 0. The van der Waals surface area contributed by atoms with Crippen LogP contribution in [0.2, 0.25) is 0 Å². The molecule has 0 amide bonds. The van der Waals surface area contributed by atoms with E-state index >= 15 is 0 Å². The largest absolute Gasteiger partial charge is 0.328 e. The summed E-state index contributed by atoms with van der Waals surface area (Å²) in [6.45, 7) is 6.77. The lowest BCUT2D eigenvalue weighted by Gasteiger charge is -2.32. The van der Waals surface area contributed by atoms with Crippen LogP contribution in [0.1, 0.15) is 26.2 Å². The van der Waals surface area contributed by atoms with Gasteiger partial charge in [0, 0.05) is 19.1 Å². The molecule has 0 spiro atoms. The van der Waals surface area contributed by atoms with Gasteiger partial charge in [0.2, 0.25) is 10.0 Å². The van der Waals surface area contributed by atoms with Gasteiger partial charge in [0.05, 0.1) is 5.75 Å². The van der Waals surface area contributed by atoms with Gasteiger partial charge in [-0.15, -0.1) is 6.58 Å². The van der Waals surface area contributed by atoms with Crippen LogP contribution in [0, 0.1) is 5.92 Å². The number of hydrogen-bond donors (Lipinski definition) is 1. The van der Waals surface area contributed by atoms with Crippen LogP contribution in [0.5, 0.6) is 0 Å². The van der Waals surface area contributed by atoms with Crippen LogP contribution in [0.3, 0.4) is 0 Å². The van der Waals surface area contributed by atoms with Crippen molar-refractivity contribution < 1.29 is 8.42 Å². The molecule has 94 valence electrons. The number of nitrogens with zero attached hydrogens (tertiary/aromatic N) is 1. The van der Waals surface area contributed by atoms with Crippen molar-refractivity contribution in [2.45, 2.75) is 32.2 Å². The zero-order valence-electron chi connectivity index (χ0n) is 9.93. The van der Waals surface area contributed by atoms with Gasteiger partial charge in [0.1, 0.15) is 0 Å². The zero-order valence-corrected chi connectivity index (χ0v) is 10.7. The third kappa shape index (κ3) is 3.57. The quantitative estimate of drug-likeness (QED) is 0.735. The van der Waals surface area contributed by atoms with Crippen molar-refractivity contribution >= 4 is 10.0 Å². The van der Waals surface area contributed by atoms with E-state index in [0.29, 0.717) is 25.4 Å². The Balaban J connectivity index is 2.49. The summed E-state index contributed by atoms with van der Waals surface area (Å²) < 4.78 is 25.3. The fraction of sp³-hybridized carbons (Fsp3) is 0.818. The molecule has 0 saturated carbocycles. The predicted molar refractivity (Wildman–Crippen MR) is 66.5 cm³/mol. The first-order valence-electron chi connectivity index (χ1n) is 5.81. The number of sulfonamides is 1. The van der Waals surface area contributed by atoms with Crippen molar-refractivity contribution in [2.24, 2.45) is 11.7 Å². The van der Waals surface area contributed by atoms with Gasteiger partial charge in [0.15, 0.2) is 0 Å². The summed E-state index contributed by atoms with van der Waals surface area (Å²) >= 11 is 0. The standard InChI is InChI=1S/C11H22N2O2S/c1-3-4-9-16(14,15)13-7-5-11(6-8-13)10(2)12/h3,10-11H,1,4-9,12H2,2H3. The van der Waals surface area contributed by atoms with E-state index in [-0.39, 0.29) is 11.8 Å². The van der Waals surface area contributed by atoms with Gasteiger partial charge >= 0.3 is 0 Å². The Kier molecular flexibility index (Phi) is 4.95. The molecule has 1 saturated heterocycles. The van der Waals surface area contributed by atoms with E-state index in [9.17, 15) is 8.42 Å². The van der Waals surface area contributed by atoms with Crippen molar-refractivity contribution in [2.75, 3.05) is 18.8 Å². The highest BCUT2D eigenvalue weighted by Gasteiger charge is 2.28. The van der Waals surface area contributed by atoms with E-state index in [1.807, 2.05) is 6.92 Å². The Morgan fingerprint density at radius 1 is 1.50 bits per heavy atom. The molecule has 0 aromatic rings. The molecule has 1 aliphatic heterocycles. The smallest absolute Gasteiger partial charge is 0.214 e. The maximum atomic E-state index is 11.9. The van der Waals surface area contributed by atoms with Gasteiger partial charge in [-0.3, -0.25) is 0 Å². The molecule has 1 fully saturated rings. The van der Waals surface area contributed by atoms with Gasteiger partial charge in [-0.25, -0.2) is 12.7 Å². The third-order valence-electron chi connectivity index (χ3n) is 3.22. The first-order valence-corrected chi connectivity index (χ1v) is 7.42. The van der Waals surface area contributed by atoms with E-state index in [1.54, 1.807) is 10.4 Å². The minimum absolute atomic E-state index is 0.165. The molecular weight excluding hydrogens is 224 g/mol. The lowest BCUT2D eigenvalue weighted by atomic mass is 9.92. The van der Waals surface area contributed by atoms with Crippen LogP contribution < -0.4 is 5.73 Å². The lowest BCUT2D eigenvalue weighted by molar-refractivity contribution is 0.251. The van der Waals surface area contributed by atoms with Crippen LogP contribution in [-0.4, -0.2) is 37.6 Å². The van der Waals surface area contributed by atoms with Gasteiger partial charge in [0.25, 0.3) is 0 Å². The highest BCUT2D eigenvalue weighted by molar-refractivity contribution is 7.89.